The Morgan fingerprint density at radius 2 is 2.12 bits per heavy atom. The zero-order valence-corrected chi connectivity index (χ0v) is 10.6. The van der Waals surface area contributed by atoms with E-state index < -0.39 is 0 Å². The third-order valence-electron chi connectivity index (χ3n) is 2.87. The fourth-order valence-corrected chi connectivity index (χ4v) is 2.29. The smallest absolute Gasteiger partial charge is 0.127 e. The molecule has 2 nitrogen and oxygen atoms in total. The van der Waals surface area contributed by atoms with Gasteiger partial charge in [0, 0.05) is 17.0 Å². The van der Waals surface area contributed by atoms with E-state index in [1.54, 1.807) is 0 Å². The van der Waals surface area contributed by atoms with Crippen LogP contribution >= 0.6 is 11.6 Å². The fourth-order valence-electron chi connectivity index (χ4n) is 2.05. The number of benzene rings is 1. The van der Waals surface area contributed by atoms with Gasteiger partial charge >= 0.3 is 0 Å². The van der Waals surface area contributed by atoms with Crippen LogP contribution in [0.4, 0.5) is 0 Å². The predicted octanol–water partition coefficient (Wildman–Crippen LogP) is 2.93. The summed E-state index contributed by atoms with van der Waals surface area (Å²) in [6, 6.07) is 3.89. The Kier molecular flexibility index (Phi) is 2.89. The Hall–Kier alpha value is -0.730. The van der Waals surface area contributed by atoms with E-state index in [2.05, 4.69) is 20.8 Å². The molecule has 1 N–H and O–H groups in total. The van der Waals surface area contributed by atoms with Crippen molar-refractivity contribution in [3.05, 3.63) is 28.3 Å². The van der Waals surface area contributed by atoms with Gasteiger partial charge in [-0.1, -0.05) is 32.4 Å². The van der Waals surface area contributed by atoms with Gasteiger partial charge in [0.05, 0.1) is 6.61 Å². The Bertz CT molecular complexity index is 407. The van der Waals surface area contributed by atoms with Gasteiger partial charge in [-0.05, 0) is 23.1 Å². The molecular formula is C13H17ClO2. The number of halogens is 1. The Morgan fingerprint density at radius 3 is 2.69 bits per heavy atom. The average Bonchev–Trinajstić information content (AvgIpc) is 2.57. The molecule has 1 aliphatic heterocycles. The number of hydrogen-bond donors (Lipinski definition) is 1. The highest BCUT2D eigenvalue weighted by atomic mass is 35.5. The second-order valence-electron chi connectivity index (χ2n) is 5.32. The van der Waals surface area contributed by atoms with Crippen LogP contribution in [0.15, 0.2) is 12.1 Å². The minimum Gasteiger partial charge on any atom is -0.487 e. The molecule has 1 aromatic rings. The molecule has 0 fully saturated rings. The third-order valence-corrected chi connectivity index (χ3v) is 3.09. The van der Waals surface area contributed by atoms with Crippen LogP contribution in [0.5, 0.6) is 5.75 Å². The summed E-state index contributed by atoms with van der Waals surface area (Å²) in [5.41, 5.74) is 2.22. The molecule has 1 aromatic carbocycles. The number of fused-ring (bicyclic) bond motifs is 1. The van der Waals surface area contributed by atoms with Gasteiger partial charge in [-0.25, -0.2) is 0 Å². The predicted molar refractivity (Wildman–Crippen MR) is 65.4 cm³/mol. The molecule has 0 bridgehead atoms. The van der Waals surface area contributed by atoms with Crippen molar-refractivity contribution in [2.75, 3.05) is 6.61 Å². The van der Waals surface area contributed by atoms with Gasteiger partial charge < -0.3 is 9.84 Å². The van der Waals surface area contributed by atoms with Crippen molar-refractivity contribution >= 4 is 11.6 Å². The molecule has 0 amide bonds. The summed E-state index contributed by atoms with van der Waals surface area (Å²) in [6.07, 6.45) is 0.629. The second kappa shape index (κ2) is 3.94. The van der Waals surface area contributed by atoms with Crippen LogP contribution in [0.3, 0.4) is 0 Å². The molecule has 2 rings (SSSR count). The SMILES string of the molecule is CC(C)(C)c1cc(Cl)cc2c1OC(CO)C2. The molecule has 1 atom stereocenters. The fraction of sp³-hybridized carbons (Fsp3) is 0.538. The van der Waals surface area contributed by atoms with Crippen molar-refractivity contribution in [1.29, 1.82) is 0 Å². The van der Waals surface area contributed by atoms with Crippen molar-refractivity contribution < 1.29 is 9.84 Å². The lowest BCUT2D eigenvalue weighted by molar-refractivity contribution is 0.133. The molecule has 0 spiro atoms. The molecule has 88 valence electrons. The van der Waals surface area contributed by atoms with Gasteiger partial charge in [0.1, 0.15) is 11.9 Å². The maximum absolute atomic E-state index is 9.14. The van der Waals surface area contributed by atoms with Crippen molar-refractivity contribution in [1.82, 2.24) is 0 Å². The lowest BCUT2D eigenvalue weighted by Gasteiger charge is -2.22. The van der Waals surface area contributed by atoms with Gasteiger partial charge in [-0.15, -0.1) is 0 Å². The Balaban J connectivity index is 2.49. The summed E-state index contributed by atoms with van der Waals surface area (Å²) in [4.78, 5) is 0. The summed E-state index contributed by atoms with van der Waals surface area (Å²) < 4.78 is 5.76. The lowest BCUT2D eigenvalue weighted by Crippen LogP contribution is -2.19. The van der Waals surface area contributed by atoms with Gasteiger partial charge in [-0.3, -0.25) is 0 Å². The largest absolute Gasteiger partial charge is 0.487 e. The zero-order valence-electron chi connectivity index (χ0n) is 9.88. The van der Waals surface area contributed by atoms with E-state index in [4.69, 9.17) is 21.4 Å². The maximum Gasteiger partial charge on any atom is 0.127 e. The highest BCUT2D eigenvalue weighted by Gasteiger charge is 2.29. The van der Waals surface area contributed by atoms with Gasteiger partial charge in [-0.2, -0.15) is 0 Å². The average molecular weight is 241 g/mol. The number of aliphatic hydroxyl groups excluding tert-OH is 1. The van der Waals surface area contributed by atoms with Gasteiger partial charge in [0.15, 0.2) is 0 Å². The Morgan fingerprint density at radius 1 is 1.44 bits per heavy atom. The van der Waals surface area contributed by atoms with E-state index in [0.29, 0.717) is 0 Å². The molecule has 16 heavy (non-hydrogen) atoms. The standard InChI is InChI=1S/C13H17ClO2/c1-13(2,3)11-6-9(14)4-8-5-10(7-15)16-12(8)11/h4,6,10,15H,5,7H2,1-3H3. The molecule has 0 aromatic heterocycles. The molecule has 1 heterocycles. The van der Waals surface area contributed by atoms with E-state index >= 15 is 0 Å². The summed E-state index contributed by atoms with van der Waals surface area (Å²) >= 11 is 6.11. The third kappa shape index (κ3) is 2.04. The quantitative estimate of drug-likeness (QED) is 0.818. The molecule has 0 saturated carbocycles. The summed E-state index contributed by atoms with van der Waals surface area (Å²) in [5, 5.41) is 9.88. The highest BCUT2D eigenvalue weighted by molar-refractivity contribution is 6.30. The van der Waals surface area contributed by atoms with Crippen LogP contribution in [0.25, 0.3) is 0 Å². The summed E-state index contributed by atoms with van der Waals surface area (Å²) in [6.45, 7) is 6.45. The second-order valence-corrected chi connectivity index (χ2v) is 5.75. The first kappa shape index (κ1) is 11.7. The van der Waals surface area contributed by atoms with E-state index in [1.807, 2.05) is 12.1 Å². The minimum atomic E-state index is -0.116. The minimum absolute atomic E-state index is 0.000666. The van der Waals surface area contributed by atoms with E-state index in [1.165, 1.54) is 0 Å². The van der Waals surface area contributed by atoms with Crippen LogP contribution in [0.2, 0.25) is 5.02 Å². The molecular weight excluding hydrogens is 224 g/mol. The van der Waals surface area contributed by atoms with Gasteiger partial charge in [0.25, 0.3) is 0 Å². The van der Waals surface area contributed by atoms with E-state index in [-0.39, 0.29) is 18.1 Å². The van der Waals surface area contributed by atoms with Crippen LogP contribution in [0.1, 0.15) is 31.9 Å². The first-order valence-corrected chi connectivity index (χ1v) is 5.90. The normalized spacial score (nSPS) is 19.4. The number of rotatable bonds is 1. The molecule has 0 aliphatic carbocycles. The van der Waals surface area contributed by atoms with Crippen molar-refractivity contribution in [2.45, 2.75) is 38.7 Å². The highest BCUT2D eigenvalue weighted by Crippen LogP contribution is 2.40. The molecule has 0 saturated heterocycles. The summed E-state index contributed by atoms with van der Waals surface area (Å²) in [5.74, 6) is 0.913. The van der Waals surface area contributed by atoms with E-state index in [9.17, 15) is 0 Å². The zero-order chi connectivity index (χ0) is 11.9. The van der Waals surface area contributed by atoms with Crippen LogP contribution in [0, 0.1) is 0 Å². The maximum atomic E-state index is 9.14. The first-order chi connectivity index (χ1) is 7.41. The molecule has 1 unspecified atom stereocenters. The molecule has 1 aliphatic rings. The molecule has 0 radical (unpaired) electrons. The Labute approximate surface area is 101 Å². The topological polar surface area (TPSA) is 29.5 Å². The summed E-state index contributed by atoms with van der Waals surface area (Å²) in [7, 11) is 0. The molecule has 3 heteroatoms. The van der Waals surface area contributed by atoms with Crippen molar-refractivity contribution in [2.24, 2.45) is 0 Å². The lowest BCUT2D eigenvalue weighted by atomic mass is 9.85. The monoisotopic (exact) mass is 240 g/mol. The van der Waals surface area contributed by atoms with Crippen molar-refractivity contribution in [3.63, 3.8) is 0 Å². The van der Waals surface area contributed by atoms with Gasteiger partial charge in [0.2, 0.25) is 0 Å². The van der Waals surface area contributed by atoms with Crippen LogP contribution < -0.4 is 4.74 Å². The number of aliphatic hydroxyl groups is 1. The van der Waals surface area contributed by atoms with Crippen LogP contribution in [-0.2, 0) is 11.8 Å². The van der Waals surface area contributed by atoms with Crippen LogP contribution in [-0.4, -0.2) is 17.8 Å². The number of ether oxygens (including phenoxy) is 1. The van der Waals surface area contributed by atoms with Crippen molar-refractivity contribution in [3.8, 4) is 5.75 Å². The first-order valence-electron chi connectivity index (χ1n) is 5.52. The van der Waals surface area contributed by atoms with E-state index in [0.717, 1.165) is 28.3 Å². The number of hydrogen-bond acceptors (Lipinski definition) is 2.